The summed E-state index contributed by atoms with van der Waals surface area (Å²) in [5.41, 5.74) is 0.289. The highest BCUT2D eigenvalue weighted by molar-refractivity contribution is 7.89. The van der Waals surface area contributed by atoms with Gasteiger partial charge in [0.2, 0.25) is 10.0 Å². The molecule has 0 saturated heterocycles. The fourth-order valence-corrected chi connectivity index (χ4v) is 3.24. The minimum absolute atomic E-state index is 0.266. The number of carbonyl (C=O) groups excluding carboxylic acids is 2. The van der Waals surface area contributed by atoms with Crippen LogP contribution in [0.4, 0.5) is 4.39 Å². The maximum Gasteiger partial charge on any atom is 0.341 e. The molecule has 0 saturated carbocycles. The third-order valence-corrected chi connectivity index (χ3v) is 5.15. The van der Waals surface area contributed by atoms with Gasteiger partial charge in [-0.05, 0) is 37.1 Å². The van der Waals surface area contributed by atoms with E-state index >= 15 is 0 Å². The first-order valence-electron chi connectivity index (χ1n) is 9.02. The van der Waals surface area contributed by atoms with Gasteiger partial charge in [-0.2, -0.15) is 0 Å². The summed E-state index contributed by atoms with van der Waals surface area (Å²) < 4.78 is 41.8. The lowest BCUT2D eigenvalue weighted by atomic mass is 10.0. The van der Waals surface area contributed by atoms with Crippen LogP contribution in [-0.2, 0) is 19.6 Å². The number of rotatable bonds is 8. The van der Waals surface area contributed by atoms with Crippen LogP contribution in [0.5, 0.6) is 0 Å². The molecule has 0 aliphatic heterocycles. The van der Waals surface area contributed by atoms with Gasteiger partial charge in [0, 0.05) is 0 Å². The third kappa shape index (κ3) is 6.10. The van der Waals surface area contributed by atoms with Crippen LogP contribution in [-0.4, -0.2) is 26.4 Å². The number of ether oxygens (including phenoxy) is 1. The summed E-state index contributed by atoms with van der Waals surface area (Å²) in [6.07, 6.45) is 0.282. The van der Waals surface area contributed by atoms with Crippen LogP contribution in [0.1, 0.15) is 48.7 Å². The van der Waals surface area contributed by atoms with E-state index in [-0.39, 0.29) is 6.04 Å². The Morgan fingerprint density at radius 3 is 2.41 bits per heavy atom. The van der Waals surface area contributed by atoms with Crippen LogP contribution < -0.4 is 10.5 Å². The van der Waals surface area contributed by atoms with Crippen LogP contribution in [0.15, 0.2) is 53.4 Å². The van der Waals surface area contributed by atoms with Crippen LogP contribution in [0.2, 0.25) is 0 Å². The summed E-state index contributed by atoms with van der Waals surface area (Å²) in [6, 6.07) is 11.6. The molecule has 2 rings (SSSR count). The molecule has 0 fully saturated rings. The number of primary sulfonamides is 1. The fraction of sp³-hybridized carbons (Fsp3) is 0.300. The van der Waals surface area contributed by atoms with Gasteiger partial charge in [-0.3, -0.25) is 4.79 Å². The molecule has 0 heterocycles. The molecule has 0 aliphatic rings. The molecule has 9 heteroatoms. The monoisotopic (exact) mass is 422 g/mol. The molecule has 2 aromatic carbocycles. The van der Waals surface area contributed by atoms with E-state index in [0.29, 0.717) is 6.42 Å². The first-order chi connectivity index (χ1) is 13.6. The first kappa shape index (κ1) is 22.5. The number of carbonyl (C=O) groups is 2. The van der Waals surface area contributed by atoms with Gasteiger partial charge in [0.1, 0.15) is 5.82 Å². The van der Waals surface area contributed by atoms with E-state index in [0.717, 1.165) is 30.2 Å². The van der Waals surface area contributed by atoms with Gasteiger partial charge >= 0.3 is 5.97 Å². The number of sulfonamides is 1. The molecule has 0 unspecified atom stereocenters. The summed E-state index contributed by atoms with van der Waals surface area (Å²) >= 11 is 0. The number of halogens is 1. The van der Waals surface area contributed by atoms with Gasteiger partial charge in [0.05, 0.1) is 16.5 Å². The Bertz CT molecular complexity index is 980. The average molecular weight is 422 g/mol. The topological polar surface area (TPSA) is 116 Å². The van der Waals surface area contributed by atoms with E-state index in [4.69, 9.17) is 9.88 Å². The quantitative estimate of drug-likeness (QED) is 0.635. The van der Waals surface area contributed by atoms with Gasteiger partial charge in [0.25, 0.3) is 5.91 Å². The van der Waals surface area contributed by atoms with Crippen LogP contribution in [0, 0.1) is 5.82 Å². The van der Waals surface area contributed by atoms with Crippen molar-refractivity contribution >= 4 is 21.9 Å². The summed E-state index contributed by atoms with van der Waals surface area (Å²) in [5, 5.41) is 7.81. The van der Waals surface area contributed by atoms with E-state index in [9.17, 15) is 22.4 Å². The molecule has 156 valence electrons. The van der Waals surface area contributed by atoms with Crippen molar-refractivity contribution in [2.75, 3.05) is 0 Å². The smallest absolute Gasteiger partial charge is 0.341 e. The van der Waals surface area contributed by atoms with Gasteiger partial charge < -0.3 is 10.1 Å². The first-order valence-corrected chi connectivity index (χ1v) is 10.6. The molecule has 29 heavy (non-hydrogen) atoms. The minimum atomic E-state index is -4.13. The number of nitrogens with two attached hydrogens (primary N) is 1. The summed E-state index contributed by atoms with van der Waals surface area (Å²) in [6.45, 7) is 3.33. The number of benzene rings is 2. The van der Waals surface area contributed by atoms with Crippen LogP contribution >= 0.6 is 0 Å². The van der Waals surface area contributed by atoms with Crippen molar-refractivity contribution in [2.24, 2.45) is 5.14 Å². The zero-order valence-electron chi connectivity index (χ0n) is 16.1. The van der Waals surface area contributed by atoms with E-state index in [1.807, 2.05) is 37.3 Å². The van der Waals surface area contributed by atoms with Crippen LogP contribution in [0.25, 0.3) is 0 Å². The highest BCUT2D eigenvalue weighted by atomic mass is 32.2. The third-order valence-electron chi connectivity index (χ3n) is 4.24. The van der Waals surface area contributed by atoms with E-state index < -0.39 is 44.3 Å². The van der Waals surface area contributed by atoms with E-state index in [1.54, 1.807) is 0 Å². The highest BCUT2D eigenvalue weighted by Crippen LogP contribution is 2.19. The maximum absolute atomic E-state index is 14.0. The molecule has 2 atom stereocenters. The predicted molar refractivity (Wildman–Crippen MR) is 105 cm³/mol. The number of hydrogen-bond donors (Lipinski definition) is 2. The minimum Gasteiger partial charge on any atom is -0.449 e. The molecule has 0 bridgehead atoms. The second-order valence-electron chi connectivity index (χ2n) is 6.49. The maximum atomic E-state index is 14.0. The van der Waals surface area contributed by atoms with Crippen molar-refractivity contribution in [3.05, 3.63) is 65.5 Å². The Labute approximate surface area is 169 Å². The van der Waals surface area contributed by atoms with Crippen molar-refractivity contribution in [1.82, 2.24) is 5.32 Å². The standard InChI is InChI=1S/C20H23FN2O5S/c1-3-7-18(14-8-5-4-6-9-14)23-19(24)13(2)28-20(25)16-12-15(29(22,26)27)10-11-17(16)21/h4-6,8-13,18H,3,7H2,1-2H3,(H,23,24)(H2,22,26,27)/t13-,18+/m1/s1. The molecular weight excluding hydrogens is 399 g/mol. The molecule has 0 radical (unpaired) electrons. The Morgan fingerprint density at radius 1 is 1.17 bits per heavy atom. The van der Waals surface area contributed by atoms with Crippen molar-refractivity contribution in [2.45, 2.75) is 43.7 Å². The number of hydrogen-bond acceptors (Lipinski definition) is 5. The Hall–Kier alpha value is -2.78. The Kier molecular flexibility index (Phi) is 7.46. The molecule has 2 aromatic rings. The Morgan fingerprint density at radius 2 is 1.83 bits per heavy atom. The summed E-state index contributed by atoms with van der Waals surface area (Å²) in [7, 11) is -4.13. The average Bonchev–Trinajstić information content (AvgIpc) is 2.67. The number of amides is 1. The van der Waals surface area contributed by atoms with Crippen molar-refractivity contribution < 1.29 is 27.1 Å². The lowest BCUT2D eigenvalue weighted by Gasteiger charge is -2.21. The molecule has 0 aliphatic carbocycles. The SMILES string of the molecule is CCC[C@H](NC(=O)[C@@H](C)OC(=O)c1cc(S(N)(=O)=O)ccc1F)c1ccccc1. The van der Waals surface area contributed by atoms with Crippen molar-refractivity contribution in [1.29, 1.82) is 0 Å². The van der Waals surface area contributed by atoms with Crippen molar-refractivity contribution in [3.63, 3.8) is 0 Å². The van der Waals surface area contributed by atoms with Gasteiger partial charge in [-0.15, -0.1) is 0 Å². The molecule has 1 amide bonds. The second kappa shape index (κ2) is 9.62. The normalized spacial score (nSPS) is 13.4. The molecule has 0 aromatic heterocycles. The Balaban J connectivity index is 2.11. The fourth-order valence-electron chi connectivity index (χ4n) is 2.70. The number of esters is 1. The van der Waals surface area contributed by atoms with Crippen molar-refractivity contribution in [3.8, 4) is 0 Å². The lowest BCUT2D eigenvalue weighted by molar-refractivity contribution is -0.130. The lowest BCUT2D eigenvalue weighted by Crippen LogP contribution is -2.38. The number of nitrogens with one attached hydrogen (secondary N) is 1. The molecule has 7 nitrogen and oxygen atoms in total. The molecule has 3 N–H and O–H groups in total. The van der Waals surface area contributed by atoms with Crippen LogP contribution in [0.3, 0.4) is 0 Å². The predicted octanol–water partition coefficient (Wildman–Crippen LogP) is 2.68. The largest absolute Gasteiger partial charge is 0.449 e. The van der Waals surface area contributed by atoms with Gasteiger partial charge in [-0.25, -0.2) is 22.7 Å². The highest BCUT2D eigenvalue weighted by Gasteiger charge is 2.24. The summed E-state index contributed by atoms with van der Waals surface area (Å²) in [4.78, 5) is 24.3. The van der Waals surface area contributed by atoms with Gasteiger partial charge in [-0.1, -0.05) is 43.7 Å². The zero-order valence-corrected chi connectivity index (χ0v) is 16.9. The summed E-state index contributed by atoms with van der Waals surface area (Å²) in [5.74, 6) is -2.70. The van der Waals surface area contributed by atoms with E-state index in [2.05, 4.69) is 5.32 Å². The van der Waals surface area contributed by atoms with Gasteiger partial charge in [0.15, 0.2) is 6.10 Å². The molecule has 0 spiro atoms. The second-order valence-corrected chi connectivity index (χ2v) is 8.06. The molecular formula is C20H23FN2O5S. The zero-order chi connectivity index (χ0) is 21.6. The van der Waals surface area contributed by atoms with E-state index in [1.165, 1.54) is 6.92 Å².